The van der Waals surface area contributed by atoms with Gasteiger partial charge >= 0.3 is 0 Å². The smallest absolute Gasteiger partial charge is 0.238 e. The van der Waals surface area contributed by atoms with Gasteiger partial charge in [0.25, 0.3) is 0 Å². The molecule has 2 rings (SSSR count). The highest BCUT2D eigenvalue weighted by molar-refractivity contribution is 5.94. The fourth-order valence-corrected chi connectivity index (χ4v) is 1.65. The maximum absolute atomic E-state index is 11.6. The highest BCUT2D eigenvalue weighted by Crippen LogP contribution is 2.16. The molecule has 4 heteroatoms. The maximum Gasteiger partial charge on any atom is 0.238 e. The lowest BCUT2D eigenvalue weighted by Crippen LogP contribution is -2.28. The second-order valence-electron chi connectivity index (χ2n) is 3.88. The molecule has 92 valence electrons. The Hall–Kier alpha value is -2.20. The number of nitrogens with zero attached hydrogens (tertiary/aromatic N) is 1. The summed E-state index contributed by atoms with van der Waals surface area (Å²) in [5.74, 6) is -0.0694. The highest BCUT2D eigenvalue weighted by Gasteiger charge is 2.02. The number of hydrogen-bond donors (Lipinski definition) is 2. The Bertz CT molecular complexity index is 566. The first-order chi connectivity index (χ1) is 8.79. The molecule has 0 fully saturated rings. The summed E-state index contributed by atoms with van der Waals surface area (Å²) in [6.45, 7) is 4.47. The number of fused-ring (bicyclic) bond motifs is 1. The minimum atomic E-state index is -0.0694. The normalized spacial score (nSPS) is 10.2. The van der Waals surface area contributed by atoms with Gasteiger partial charge in [-0.3, -0.25) is 9.78 Å². The average molecular weight is 241 g/mol. The van der Waals surface area contributed by atoms with Crippen molar-refractivity contribution in [1.82, 2.24) is 10.3 Å². The van der Waals surface area contributed by atoms with Crippen molar-refractivity contribution >= 4 is 22.5 Å². The first-order valence-electron chi connectivity index (χ1n) is 5.76. The fourth-order valence-electron chi connectivity index (χ4n) is 1.65. The van der Waals surface area contributed by atoms with Crippen LogP contribution in [0.1, 0.15) is 0 Å². The first-order valence-corrected chi connectivity index (χ1v) is 5.76. The lowest BCUT2D eigenvalue weighted by Gasteiger charge is -2.06. The molecule has 0 atom stereocenters. The molecule has 4 nitrogen and oxygen atoms in total. The molecular weight excluding hydrogens is 226 g/mol. The molecule has 1 heterocycles. The van der Waals surface area contributed by atoms with Gasteiger partial charge in [-0.2, -0.15) is 0 Å². The summed E-state index contributed by atoms with van der Waals surface area (Å²) in [6, 6.07) is 9.49. The van der Waals surface area contributed by atoms with Crippen LogP contribution in [0.2, 0.25) is 0 Å². The molecule has 0 spiro atoms. The summed E-state index contributed by atoms with van der Waals surface area (Å²) in [6.07, 6.45) is 3.47. The molecular formula is C14H15N3O. The van der Waals surface area contributed by atoms with Gasteiger partial charge in [0.05, 0.1) is 12.1 Å². The Morgan fingerprint density at radius 2 is 2.28 bits per heavy atom. The fraction of sp³-hybridized carbons (Fsp3) is 0.143. The predicted octanol–water partition coefficient (Wildman–Crippen LogP) is 1.95. The van der Waals surface area contributed by atoms with Gasteiger partial charge < -0.3 is 10.6 Å². The van der Waals surface area contributed by atoms with Gasteiger partial charge in [0.2, 0.25) is 5.91 Å². The third kappa shape index (κ3) is 3.15. The molecule has 18 heavy (non-hydrogen) atoms. The Morgan fingerprint density at radius 1 is 1.39 bits per heavy atom. The van der Waals surface area contributed by atoms with Gasteiger partial charge in [-0.05, 0) is 24.3 Å². The van der Waals surface area contributed by atoms with Crippen molar-refractivity contribution < 1.29 is 4.79 Å². The van der Waals surface area contributed by atoms with E-state index in [2.05, 4.69) is 22.2 Å². The van der Waals surface area contributed by atoms with E-state index < -0.39 is 0 Å². The molecule has 0 aliphatic rings. The van der Waals surface area contributed by atoms with Gasteiger partial charge in [0, 0.05) is 23.8 Å². The summed E-state index contributed by atoms with van der Waals surface area (Å²) in [5.41, 5.74) is 1.70. The molecule has 1 amide bonds. The number of carbonyl (C=O) groups excluding carboxylic acids is 1. The van der Waals surface area contributed by atoms with Crippen molar-refractivity contribution in [2.45, 2.75) is 0 Å². The molecule has 1 aromatic carbocycles. The second kappa shape index (κ2) is 5.93. The van der Waals surface area contributed by atoms with Crippen LogP contribution in [-0.2, 0) is 4.79 Å². The van der Waals surface area contributed by atoms with Crippen LogP contribution in [0.15, 0.2) is 49.2 Å². The minimum absolute atomic E-state index is 0.0694. The first kappa shape index (κ1) is 12.3. The minimum Gasteiger partial charge on any atom is -0.325 e. The molecule has 1 aromatic heterocycles. The van der Waals surface area contributed by atoms with Crippen LogP contribution in [-0.4, -0.2) is 24.0 Å². The van der Waals surface area contributed by atoms with E-state index in [1.54, 1.807) is 12.3 Å². The maximum atomic E-state index is 11.6. The zero-order chi connectivity index (χ0) is 12.8. The average Bonchev–Trinajstić information content (AvgIpc) is 2.39. The van der Waals surface area contributed by atoms with Crippen molar-refractivity contribution in [2.75, 3.05) is 18.4 Å². The summed E-state index contributed by atoms with van der Waals surface area (Å²) in [7, 11) is 0. The van der Waals surface area contributed by atoms with Crippen LogP contribution in [0.5, 0.6) is 0 Å². The quantitative estimate of drug-likeness (QED) is 0.621. The van der Waals surface area contributed by atoms with Crippen LogP contribution < -0.4 is 10.6 Å². The van der Waals surface area contributed by atoms with E-state index in [0.29, 0.717) is 6.54 Å². The van der Waals surface area contributed by atoms with Crippen LogP contribution in [0.3, 0.4) is 0 Å². The van der Waals surface area contributed by atoms with Gasteiger partial charge in [-0.15, -0.1) is 6.58 Å². The van der Waals surface area contributed by atoms with Gasteiger partial charge in [-0.25, -0.2) is 0 Å². The topological polar surface area (TPSA) is 54.0 Å². The zero-order valence-electron chi connectivity index (χ0n) is 10.0. The Balaban J connectivity index is 2.03. The third-order valence-electron chi connectivity index (χ3n) is 2.46. The molecule has 0 saturated heterocycles. The lowest BCUT2D eigenvalue weighted by molar-refractivity contribution is -0.115. The van der Waals surface area contributed by atoms with Crippen LogP contribution in [0, 0.1) is 0 Å². The standard InChI is InChI=1S/C14H15N3O/c1-2-7-15-10-14(18)17-12-5-6-13-11(9-12)4-3-8-16-13/h2-6,8-9,15H,1,7,10H2,(H,17,18). The number of nitrogens with one attached hydrogen (secondary N) is 2. The number of amides is 1. The zero-order valence-corrected chi connectivity index (χ0v) is 10.0. The van der Waals surface area contributed by atoms with E-state index in [4.69, 9.17) is 0 Å². The van der Waals surface area contributed by atoms with Gasteiger partial charge in [-0.1, -0.05) is 12.1 Å². The molecule has 0 aliphatic heterocycles. The number of carbonyl (C=O) groups is 1. The summed E-state index contributed by atoms with van der Waals surface area (Å²) in [4.78, 5) is 15.8. The summed E-state index contributed by atoms with van der Waals surface area (Å²) in [5, 5.41) is 6.79. The highest BCUT2D eigenvalue weighted by atomic mass is 16.1. The van der Waals surface area contributed by atoms with Crippen LogP contribution in [0.4, 0.5) is 5.69 Å². The predicted molar refractivity (Wildman–Crippen MR) is 73.4 cm³/mol. The summed E-state index contributed by atoms with van der Waals surface area (Å²) < 4.78 is 0. The van der Waals surface area contributed by atoms with Gasteiger partial charge in [0.15, 0.2) is 0 Å². The van der Waals surface area contributed by atoms with Crippen LogP contribution >= 0.6 is 0 Å². The number of pyridine rings is 1. The lowest BCUT2D eigenvalue weighted by atomic mass is 10.2. The molecule has 0 radical (unpaired) electrons. The SMILES string of the molecule is C=CCNCC(=O)Nc1ccc2ncccc2c1. The Morgan fingerprint density at radius 3 is 3.11 bits per heavy atom. The monoisotopic (exact) mass is 241 g/mol. The van der Waals surface area contributed by atoms with Crippen molar-refractivity contribution in [3.05, 3.63) is 49.2 Å². The molecule has 0 bridgehead atoms. The molecule has 2 N–H and O–H groups in total. The second-order valence-corrected chi connectivity index (χ2v) is 3.88. The van der Waals surface area contributed by atoms with Crippen molar-refractivity contribution in [3.63, 3.8) is 0 Å². The summed E-state index contributed by atoms with van der Waals surface area (Å²) >= 11 is 0. The van der Waals surface area contributed by atoms with Crippen molar-refractivity contribution in [2.24, 2.45) is 0 Å². The Labute approximate surface area is 106 Å². The Kier molecular flexibility index (Phi) is 4.04. The van der Waals surface area contributed by atoms with E-state index in [9.17, 15) is 4.79 Å². The number of benzene rings is 1. The molecule has 0 saturated carbocycles. The van der Waals surface area contributed by atoms with E-state index in [1.807, 2.05) is 30.3 Å². The van der Waals surface area contributed by atoms with Crippen molar-refractivity contribution in [3.8, 4) is 0 Å². The molecule has 2 aromatic rings. The number of hydrogen-bond acceptors (Lipinski definition) is 3. The molecule has 0 aliphatic carbocycles. The van der Waals surface area contributed by atoms with Crippen LogP contribution in [0.25, 0.3) is 10.9 Å². The third-order valence-corrected chi connectivity index (χ3v) is 2.46. The molecule has 0 unspecified atom stereocenters. The largest absolute Gasteiger partial charge is 0.325 e. The number of rotatable bonds is 5. The van der Waals surface area contributed by atoms with E-state index in [-0.39, 0.29) is 12.5 Å². The van der Waals surface area contributed by atoms with E-state index in [1.165, 1.54) is 0 Å². The van der Waals surface area contributed by atoms with Crippen molar-refractivity contribution in [1.29, 1.82) is 0 Å². The number of aromatic nitrogens is 1. The van der Waals surface area contributed by atoms with E-state index >= 15 is 0 Å². The van der Waals surface area contributed by atoms with E-state index in [0.717, 1.165) is 16.6 Å². The van der Waals surface area contributed by atoms with Gasteiger partial charge in [0.1, 0.15) is 0 Å². The number of anilines is 1.